The average molecular weight is 353 g/mol. The highest BCUT2D eigenvalue weighted by molar-refractivity contribution is 7.92. The number of rotatable bonds is 5. The van der Waals surface area contributed by atoms with Crippen LogP contribution in [-0.2, 0) is 25.8 Å². The number of benzene rings is 1. The van der Waals surface area contributed by atoms with Crippen LogP contribution in [-0.4, -0.2) is 48.1 Å². The summed E-state index contributed by atoms with van der Waals surface area (Å²) in [7, 11) is -3.34. The van der Waals surface area contributed by atoms with Crippen molar-refractivity contribution in [2.75, 3.05) is 6.54 Å². The van der Waals surface area contributed by atoms with Crippen molar-refractivity contribution < 1.29 is 23.1 Å². The zero-order valence-electron chi connectivity index (χ0n) is 13.9. The number of nitrogens with zero attached hydrogens (tertiary/aromatic N) is 1. The van der Waals surface area contributed by atoms with Crippen molar-refractivity contribution >= 4 is 21.7 Å². The molecule has 0 aliphatic carbocycles. The van der Waals surface area contributed by atoms with Gasteiger partial charge in [-0.05, 0) is 50.8 Å². The molecule has 1 N–H and O–H groups in total. The quantitative estimate of drug-likeness (QED) is 0.872. The molecule has 1 aromatic carbocycles. The van der Waals surface area contributed by atoms with Gasteiger partial charge in [0.05, 0.1) is 16.6 Å². The van der Waals surface area contributed by atoms with Crippen LogP contribution in [0.2, 0.25) is 0 Å². The van der Waals surface area contributed by atoms with Crippen molar-refractivity contribution in [1.82, 2.24) is 4.90 Å². The maximum absolute atomic E-state index is 12.4. The lowest BCUT2D eigenvalue weighted by Gasteiger charge is -2.33. The molecule has 1 aromatic rings. The summed E-state index contributed by atoms with van der Waals surface area (Å²) in [6.45, 7) is 3.69. The summed E-state index contributed by atoms with van der Waals surface area (Å²) in [6.07, 6.45) is 2.17. The van der Waals surface area contributed by atoms with E-state index in [0.717, 1.165) is 12.8 Å². The SMILES string of the molecule is CC(C)S(=O)(=O)c1ccc(CC(=O)N2CCCC[C@@H]2C(=O)O)cc1. The smallest absolute Gasteiger partial charge is 0.326 e. The third kappa shape index (κ3) is 3.95. The predicted octanol–water partition coefficient (Wildman–Crippen LogP) is 1.88. The van der Waals surface area contributed by atoms with Gasteiger partial charge in [0, 0.05) is 6.54 Å². The molecule has 1 heterocycles. The number of carbonyl (C=O) groups excluding carboxylic acids is 1. The highest BCUT2D eigenvalue weighted by Gasteiger charge is 2.31. The Kier molecular flexibility index (Phi) is 5.64. The third-order valence-electron chi connectivity index (χ3n) is 4.34. The molecule has 1 fully saturated rings. The summed E-state index contributed by atoms with van der Waals surface area (Å²) in [6, 6.07) is 5.48. The van der Waals surface area contributed by atoms with Crippen LogP contribution in [0, 0.1) is 0 Å². The summed E-state index contributed by atoms with van der Waals surface area (Å²) in [5.41, 5.74) is 0.678. The van der Waals surface area contributed by atoms with E-state index in [0.29, 0.717) is 18.5 Å². The van der Waals surface area contributed by atoms with Crippen LogP contribution in [0.15, 0.2) is 29.2 Å². The molecule has 7 heteroatoms. The fraction of sp³-hybridized carbons (Fsp3) is 0.529. The van der Waals surface area contributed by atoms with Crippen LogP contribution >= 0.6 is 0 Å². The van der Waals surface area contributed by atoms with Crippen molar-refractivity contribution in [3.05, 3.63) is 29.8 Å². The van der Waals surface area contributed by atoms with Crippen LogP contribution in [0.1, 0.15) is 38.7 Å². The van der Waals surface area contributed by atoms with E-state index in [1.807, 2.05) is 0 Å². The van der Waals surface area contributed by atoms with E-state index in [2.05, 4.69) is 0 Å². The van der Waals surface area contributed by atoms with E-state index in [-0.39, 0.29) is 17.2 Å². The van der Waals surface area contributed by atoms with E-state index in [1.165, 1.54) is 17.0 Å². The number of likely N-dealkylation sites (tertiary alicyclic amines) is 1. The molecule has 24 heavy (non-hydrogen) atoms. The summed E-state index contributed by atoms with van der Waals surface area (Å²) >= 11 is 0. The zero-order chi connectivity index (χ0) is 17.9. The number of amides is 1. The Hall–Kier alpha value is -1.89. The lowest BCUT2D eigenvalue weighted by molar-refractivity contribution is -0.151. The van der Waals surface area contributed by atoms with E-state index < -0.39 is 27.1 Å². The second-order valence-corrected chi connectivity index (χ2v) is 8.86. The van der Waals surface area contributed by atoms with Gasteiger partial charge in [-0.2, -0.15) is 0 Å². The summed E-state index contributed by atoms with van der Waals surface area (Å²) in [5, 5.41) is 8.74. The summed E-state index contributed by atoms with van der Waals surface area (Å²) < 4.78 is 24.2. The number of piperidine rings is 1. The number of carboxylic acid groups (broad SMARTS) is 1. The first-order chi connectivity index (χ1) is 11.2. The molecule has 0 unspecified atom stereocenters. The minimum absolute atomic E-state index is 0.0752. The summed E-state index contributed by atoms with van der Waals surface area (Å²) in [4.78, 5) is 25.3. The molecular weight excluding hydrogens is 330 g/mol. The molecule has 132 valence electrons. The van der Waals surface area contributed by atoms with E-state index in [9.17, 15) is 23.1 Å². The van der Waals surface area contributed by atoms with Crippen LogP contribution in [0.3, 0.4) is 0 Å². The first kappa shape index (κ1) is 18.4. The molecule has 6 nitrogen and oxygen atoms in total. The fourth-order valence-corrected chi connectivity index (χ4v) is 3.89. The molecule has 1 amide bonds. The van der Waals surface area contributed by atoms with Gasteiger partial charge in [0.2, 0.25) is 5.91 Å². The van der Waals surface area contributed by atoms with Crippen molar-refractivity contribution in [3.8, 4) is 0 Å². The lowest BCUT2D eigenvalue weighted by atomic mass is 10.0. The highest BCUT2D eigenvalue weighted by atomic mass is 32.2. The minimum atomic E-state index is -3.34. The molecule has 0 radical (unpaired) electrons. The van der Waals surface area contributed by atoms with Crippen molar-refractivity contribution in [1.29, 1.82) is 0 Å². The first-order valence-electron chi connectivity index (χ1n) is 8.08. The second kappa shape index (κ2) is 7.34. The van der Waals surface area contributed by atoms with Crippen molar-refractivity contribution in [3.63, 3.8) is 0 Å². The zero-order valence-corrected chi connectivity index (χ0v) is 14.8. The Balaban J connectivity index is 2.11. The number of carbonyl (C=O) groups is 2. The Morgan fingerprint density at radius 1 is 1.21 bits per heavy atom. The van der Waals surface area contributed by atoms with Gasteiger partial charge < -0.3 is 10.0 Å². The maximum atomic E-state index is 12.4. The molecule has 1 atom stereocenters. The number of sulfone groups is 1. The Morgan fingerprint density at radius 3 is 2.38 bits per heavy atom. The topological polar surface area (TPSA) is 91.8 Å². The molecule has 0 bridgehead atoms. The van der Waals surface area contributed by atoms with E-state index in [4.69, 9.17) is 0 Å². The van der Waals surface area contributed by atoms with Gasteiger partial charge >= 0.3 is 5.97 Å². The van der Waals surface area contributed by atoms with Crippen LogP contribution in [0.25, 0.3) is 0 Å². The molecule has 2 rings (SSSR count). The number of hydrogen-bond acceptors (Lipinski definition) is 4. The van der Waals surface area contributed by atoms with E-state index >= 15 is 0 Å². The number of hydrogen-bond donors (Lipinski definition) is 1. The first-order valence-corrected chi connectivity index (χ1v) is 9.63. The Labute approximate surface area is 142 Å². The van der Waals surface area contributed by atoms with Gasteiger partial charge in [0.25, 0.3) is 0 Å². The molecule has 0 aromatic heterocycles. The predicted molar refractivity (Wildman–Crippen MR) is 89.5 cm³/mol. The molecular formula is C17H23NO5S. The highest BCUT2D eigenvalue weighted by Crippen LogP contribution is 2.20. The number of aliphatic carboxylic acids is 1. The average Bonchev–Trinajstić information content (AvgIpc) is 2.55. The van der Waals surface area contributed by atoms with Crippen LogP contribution in [0.5, 0.6) is 0 Å². The van der Waals surface area contributed by atoms with Gasteiger partial charge in [0.1, 0.15) is 6.04 Å². The molecule has 1 aliphatic heterocycles. The van der Waals surface area contributed by atoms with Crippen LogP contribution in [0.4, 0.5) is 0 Å². The Bertz CT molecular complexity index is 709. The lowest BCUT2D eigenvalue weighted by Crippen LogP contribution is -2.48. The maximum Gasteiger partial charge on any atom is 0.326 e. The normalized spacial score (nSPS) is 18.6. The van der Waals surface area contributed by atoms with Crippen molar-refractivity contribution in [2.24, 2.45) is 0 Å². The molecule has 1 aliphatic rings. The van der Waals surface area contributed by atoms with Crippen LogP contribution < -0.4 is 0 Å². The Morgan fingerprint density at radius 2 is 1.83 bits per heavy atom. The van der Waals surface area contributed by atoms with Crippen molar-refractivity contribution in [2.45, 2.75) is 55.7 Å². The second-order valence-electron chi connectivity index (χ2n) is 6.35. The van der Waals surface area contributed by atoms with Gasteiger partial charge in [-0.25, -0.2) is 13.2 Å². The fourth-order valence-electron chi connectivity index (χ4n) is 2.83. The molecule has 1 saturated heterocycles. The minimum Gasteiger partial charge on any atom is -0.480 e. The molecule has 0 saturated carbocycles. The van der Waals surface area contributed by atoms with E-state index in [1.54, 1.807) is 26.0 Å². The van der Waals surface area contributed by atoms with Gasteiger partial charge in [-0.3, -0.25) is 4.79 Å². The standard InChI is InChI=1S/C17H23NO5S/c1-12(2)24(22,23)14-8-6-13(7-9-14)11-16(19)18-10-4-3-5-15(18)17(20)21/h6-9,12,15H,3-5,10-11H2,1-2H3,(H,20,21)/t15-/m1/s1. The monoisotopic (exact) mass is 353 g/mol. The van der Waals surface area contributed by atoms with Gasteiger partial charge in [-0.1, -0.05) is 12.1 Å². The largest absolute Gasteiger partial charge is 0.480 e. The van der Waals surface area contributed by atoms with Gasteiger partial charge in [-0.15, -0.1) is 0 Å². The molecule has 0 spiro atoms. The number of carboxylic acids is 1. The van der Waals surface area contributed by atoms with Gasteiger partial charge in [0.15, 0.2) is 9.84 Å². The summed E-state index contributed by atoms with van der Waals surface area (Å²) in [5.74, 6) is -1.21. The third-order valence-corrected chi connectivity index (χ3v) is 6.51.